The Morgan fingerprint density at radius 2 is 1.64 bits per heavy atom. The third kappa shape index (κ3) is 4.31. The van der Waals surface area contributed by atoms with Gasteiger partial charge in [-0.25, -0.2) is 0 Å². The molecule has 2 amide bonds. The molecule has 0 aromatic heterocycles. The first-order chi connectivity index (χ1) is 13.5. The molecule has 2 aromatic carbocycles. The summed E-state index contributed by atoms with van der Waals surface area (Å²) in [5, 5.41) is 3.03. The Morgan fingerprint density at radius 3 is 2.32 bits per heavy atom. The zero-order valence-electron chi connectivity index (χ0n) is 15.8. The maximum atomic E-state index is 12.6. The minimum atomic E-state index is -0.716. The van der Waals surface area contributed by atoms with Crippen molar-refractivity contribution >= 4 is 34.8 Å². The topological polar surface area (TPSA) is 71.1 Å². The van der Waals surface area contributed by atoms with Crippen molar-refractivity contribution in [2.75, 3.05) is 50.6 Å². The van der Waals surface area contributed by atoms with Crippen LogP contribution < -0.4 is 19.7 Å². The number of piperazine rings is 1. The molecular formula is C20H22ClN3O4. The highest BCUT2D eigenvalue weighted by molar-refractivity contribution is 6.40. The highest BCUT2D eigenvalue weighted by Crippen LogP contribution is 2.29. The van der Waals surface area contributed by atoms with E-state index < -0.39 is 11.8 Å². The van der Waals surface area contributed by atoms with Gasteiger partial charge in [0.05, 0.1) is 25.6 Å². The van der Waals surface area contributed by atoms with Gasteiger partial charge in [-0.1, -0.05) is 23.7 Å². The van der Waals surface area contributed by atoms with Crippen molar-refractivity contribution in [2.45, 2.75) is 0 Å². The average Bonchev–Trinajstić information content (AvgIpc) is 2.73. The van der Waals surface area contributed by atoms with E-state index in [1.165, 1.54) is 12.0 Å². The summed E-state index contributed by atoms with van der Waals surface area (Å²) in [5.41, 5.74) is 1.34. The fraction of sp³-hybridized carbons (Fsp3) is 0.300. The standard InChI is InChI=1S/C20H22ClN3O4/c1-27-17-8-7-14(21)13-15(17)22-19(25)20(26)24-11-9-23(10-12-24)16-5-3-4-6-18(16)28-2/h3-8,13H,9-12H2,1-2H3,(H,22,25). The Bertz CT molecular complexity index is 866. The van der Waals surface area contributed by atoms with Crippen molar-refractivity contribution in [1.29, 1.82) is 0 Å². The predicted molar refractivity (Wildman–Crippen MR) is 108 cm³/mol. The number of para-hydroxylation sites is 2. The molecule has 3 rings (SSSR count). The van der Waals surface area contributed by atoms with Gasteiger partial charge < -0.3 is 24.6 Å². The van der Waals surface area contributed by atoms with Crippen LogP contribution in [0.2, 0.25) is 5.02 Å². The van der Waals surface area contributed by atoms with Crippen LogP contribution in [0.25, 0.3) is 0 Å². The maximum Gasteiger partial charge on any atom is 0.314 e. The lowest BCUT2D eigenvalue weighted by molar-refractivity contribution is -0.143. The van der Waals surface area contributed by atoms with Crippen LogP contribution in [0.5, 0.6) is 11.5 Å². The van der Waals surface area contributed by atoms with Gasteiger partial charge in [0.2, 0.25) is 0 Å². The summed E-state index contributed by atoms with van der Waals surface area (Å²) in [6.45, 7) is 2.10. The SMILES string of the molecule is COc1ccc(Cl)cc1NC(=O)C(=O)N1CCN(c2ccccc2OC)CC1. The minimum Gasteiger partial charge on any atom is -0.495 e. The number of ether oxygens (including phenoxy) is 2. The van der Waals surface area contributed by atoms with Crippen molar-refractivity contribution < 1.29 is 19.1 Å². The van der Waals surface area contributed by atoms with Crippen molar-refractivity contribution in [3.63, 3.8) is 0 Å². The van der Waals surface area contributed by atoms with Crippen LogP contribution in [0.4, 0.5) is 11.4 Å². The third-order valence-corrected chi connectivity index (χ3v) is 4.83. The lowest BCUT2D eigenvalue weighted by atomic mass is 10.2. The monoisotopic (exact) mass is 403 g/mol. The minimum absolute atomic E-state index is 0.362. The van der Waals surface area contributed by atoms with Gasteiger partial charge in [0.1, 0.15) is 11.5 Å². The van der Waals surface area contributed by atoms with Crippen molar-refractivity contribution in [3.8, 4) is 11.5 Å². The number of methoxy groups -OCH3 is 2. The molecule has 0 bridgehead atoms. The first-order valence-corrected chi connectivity index (χ1v) is 9.23. The van der Waals surface area contributed by atoms with Gasteiger partial charge >= 0.3 is 11.8 Å². The zero-order valence-corrected chi connectivity index (χ0v) is 16.5. The molecule has 0 spiro atoms. The zero-order chi connectivity index (χ0) is 20.1. The summed E-state index contributed by atoms with van der Waals surface area (Å²) in [6, 6.07) is 12.6. The second kappa shape index (κ2) is 8.84. The van der Waals surface area contributed by atoms with E-state index in [-0.39, 0.29) is 0 Å². The van der Waals surface area contributed by atoms with E-state index in [1.54, 1.807) is 25.3 Å². The first kappa shape index (κ1) is 19.8. The van der Waals surface area contributed by atoms with Gasteiger partial charge in [-0.15, -0.1) is 0 Å². The molecule has 1 saturated heterocycles. The number of nitrogens with one attached hydrogen (secondary N) is 1. The molecule has 7 nitrogen and oxygen atoms in total. The van der Waals surface area contributed by atoms with E-state index in [9.17, 15) is 9.59 Å². The van der Waals surface area contributed by atoms with Gasteiger partial charge in [0, 0.05) is 31.2 Å². The molecule has 0 saturated carbocycles. The molecule has 28 heavy (non-hydrogen) atoms. The highest BCUT2D eigenvalue weighted by Gasteiger charge is 2.27. The lowest BCUT2D eigenvalue weighted by Gasteiger charge is -2.36. The van der Waals surface area contributed by atoms with Crippen LogP contribution in [-0.4, -0.2) is 57.1 Å². The van der Waals surface area contributed by atoms with E-state index in [1.807, 2.05) is 24.3 Å². The Morgan fingerprint density at radius 1 is 0.964 bits per heavy atom. The summed E-state index contributed by atoms with van der Waals surface area (Å²) < 4.78 is 10.6. The number of anilines is 2. The van der Waals surface area contributed by atoms with Crippen molar-refractivity contribution in [1.82, 2.24) is 4.90 Å². The summed E-state index contributed by atoms with van der Waals surface area (Å²) in [7, 11) is 3.12. The van der Waals surface area contributed by atoms with Gasteiger partial charge in [-0.2, -0.15) is 0 Å². The van der Waals surface area contributed by atoms with E-state index >= 15 is 0 Å². The molecule has 0 unspecified atom stereocenters. The van der Waals surface area contributed by atoms with Crippen LogP contribution in [0, 0.1) is 0 Å². The van der Waals surface area contributed by atoms with E-state index in [2.05, 4.69) is 10.2 Å². The number of rotatable bonds is 4. The number of nitrogens with zero attached hydrogens (tertiary/aromatic N) is 2. The summed E-state index contributed by atoms with van der Waals surface area (Å²) in [4.78, 5) is 28.6. The molecule has 0 radical (unpaired) electrons. The Kier molecular flexibility index (Phi) is 6.26. The van der Waals surface area contributed by atoms with Crippen LogP contribution in [0.3, 0.4) is 0 Å². The molecule has 1 fully saturated rings. The quantitative estimate of drug-likeness (QED) is 0.795. The maximum absolute atomic E-state index is 12.6. The van der Waals surface area contributed by atoms with Crippen LogP contribution >= 0.6 is 11.6 Å². The Balaban J connectivity index is 1.62. The highest BCUT2D eigenvalue weighted by atomic mass is 35.5. The number of carbonyl (C=O) groups is 2. The molecule has 0 aliphatic carbocycles. The second-order valence-electron chi connectivity index (χ2n) is 6.25. The summed E-state index contributed by atoms with van der Waals surface area (Å²) in [6.07, 6.45) is 0. The van der Waals surface area contributed by atoms with Crippen LogP contribution in [-0.2, 0) is 9.59 Å². The summed E-state index contributed by atoms with van der Waals surface area (Å²) in [5.74, 6) is -0.0763. The van der Waals surface area contributed by atoms with Gasteiger partial charge in [-0.05, 0) is 30.3 Å². The van der Waals surface area contributed by atoms with Gasteiger partial charge in [-0.3, -0.25) is 9.59 Å². The number of benzene rings is 2. The predicted octanol–water partition coefficient (Wildman–Crippen LogP) is 2.64. The molecule has 8 heteroatoms. The second-order valence-corrected chi connectivity index (χ2v) is 6.69. The van der Waals surface area contributed by atoms with E-state index in [0.717, 1.165) is 11.4 Å². The third-order valence-electron chi connectivity index (χ3n) is 4.60. The molecule has 1 N–H and O–H groups in total. The normalized spacial score (nSPS) is 13.8. The molecule has 2 aromatic rings. The van der Waals surface area contributed by atoms with Gasteiger partial charge in [0.15, 0.2) is 0 Å². The molecule has 1 heterocycles. The fourth-order valence-electron chi connectivity index (χ4n) is 3.14. The summed E-state index contributed by atoms with van der Waals surface area (Å²) >= 11 is 5.97. The first-order valence-electron chi connectivity index (χ1n) is 8.85. The molecular weight excluding hydrogens is 382 g/mol. The van der Waals surface area contributed by atoms with Gasteiger partial charge in [0.25, 0.3) is 0 Å². The molecule has 148 valence electrons. The number of hydrogen-bond donors (Lipinski definition) is 1. The van der Waals surface area contributed by atoms with Crippen LogP contribution in [0.15, 0.2) is 42.5 Å². The largest absolute Gasteiger partial charge is 0.495 e. The number of carbonyl (C=O) groups excluding carboxylic acids is 2. The smallest absolute Gasteiger partial charge is 0.314 e. The van der Waals surface area contributed by atoms with Crippen molar-refractivity contribution in [2.24, 2.45) is 0 Å². The Hall–Kier alpha value is -2.93. The molecule has 0 atom stereocenters. The number of amides is 2. The van der Waals surface area contributed by atoms with Crippen LogP contribution in [0.1, 0.15) is 0 Å². The van der Waals surface area contributed by atoms with E-state index in [4.69, 9.17) is 21.1 Å². The molecule has 1 aliphatic rings. The average molecular weight is 404 g/mol. The van der Waals surface area contributed by atoms with E-state index in [0.29, 0.717) is 42.6 Å². The molecule has 1 aliphatic heterocycles. The lowest BCUT2D eigenvalue weighted by Crippen LogP contribution is -2.51. The fourth-order valence-corrected chi connectivity index (χ4v) is 3.31. The Labute approximate surface area is 168 Å². The van der Waals surface area contributed by atoms with Crippen molar-refractivity contribution in [3.05, 3.63) is 47.5 Å². The number of hydrogen-bond acceptors (Lipinski definition) is 5. The number of halogens is 1.